The van der Waals surface area contributed by atoms with Crippen LogP contribution < -0.4 is 0 Å². The van der Waals surface area contributed by atoms with Gasteiger partial charge in [0.15, 0.2) is 0 Å². The molecule has 2 aliphatic rings. The van der Waals surface area contributed by atoms with E-state index in [0.29, 0.717) is 0 Å². The van der Waals surface area contributed by atoms with Gasteiger partial charge in [-0.15, -0.1) is 0 Å². The average Bonchev–Trinajstić information content (AvgIpc) is 1.78. The van der Waals surface area contributed by atoms with Gasteiger partial charge in [0.25, 0.3) is 0 Å². The molecule has 0 atom stereocenters. The Morgan fingerprint density at radius 3 is 0.892 bits per heavy atom. The van der Waals surface area contributed by atoms with E-state index in [1.165, 1.54) is 133 Å². The van der Waals surface area contributed by atoms with Gasteiger partial charge in [-0.3, -0.25) is 0 Å². The van der Waals surface area contributed by atoms with Crippen molar-refractivity contribution in [2.24, 2.45) is 0 Å². The molecule has 0 saturated carbocycles. The van der Waals surface area contributed by atoms with Crippen LogP contribution in [0.1, 0.15) is 128 Å². The molecule has 0 fully saturated rings. The first-order valence-corrected chi connectivity index (χ1v) is 29.9. The highest BCUT2D eigenvalue weighted by Crippen LogP contribution is 2.63. The fourth-order valence-corrected chi connectivity index (χ4v) is 13.7. The second-order valence-corrected chi connectivity index (χ2v) is 27.9. The van der Waals surface area contributed by atoms with Crippen LogP contribution in [-0.2, 0) is 27.1 Å². The molecule has 2 aromatic heterocycles. The van der Waals surface area contributed by atoms with E-state index in [0.717, 1.165) is 11.4 Å². The summed E-state index contributed by atoms with van der Waals surface area (Å²) in [7, 11) is 0. The molecule has 0 amide bonds. The van der Waals surface area contributed by atoms with E-state index in [1.807, 2.05) is 0 Å². The summed E-state index contributed by atoms with van der Waals surface area (Å²) in [5, 5.41) is 2.47. The number of aromatic nitrogens is 2. The molecule has 0 aliphatic heterocycles. The molecule has 83 heavy (non-hydrogen) atoms. The summed E-state index contributed by atoms with van der Waals surface area (Å²) >= 11 is 0. The van der Waals surface area contributed by atoms with E-state index in [4.69, 9.17) is 0 Å². The SMILES string of the molecule is CC(C)(C)c1ccc(-c2ccc3c(c2)c(-c2ccc(C(C)(C)C)cc2)cn3-c2ccc3c(c2)C2(c4ccccc4-c4ccccc42)c2cc(-n4cc(-c5ccc(C(C)(C)C)cc5)c5cc(-c6ccc(C(C)(C)C)cc6)ccc54)ccc2-3)cc1. The minimum absolute atomic E-state index is 0.0520. The first-order valence-electron chi connectivity index (χ1n) is 29.9. The van der Waals surface area contributed by atoms with Crippen LogP contribution in [0.2, 0.25) is 0 Å². The van der Waals surface area contributed by atoms with E-state index in [9.17, 15) is 0 Å². The fraction of sp³-hybridized carbons (Fsp3) is 0.210. The van der Waals surface area contributed by atoms with Crippen molar-refractivity contribution in [1.29, 1.82) is 0 Å². The lowest BCUT2D eigenvalue weighted by Gasteiger charge is -2.31. The maximum atomic E-state index is 2.53. The van der Waals surface area contributed by atoms with E-state index in [-0.39, 0.29) is 21.7 Å². The first kappa shape index (κ1) is 52.4. The van der Waals surface area contributed by atoms with Crippen LogP contribution in [0, 0.1) is 0 Å². The van der Waals surface area contributed by atoms with Crippen LogP contribution in [0.4, 0.5) is 0 Å². The lowest BCUT2D eigenvalue weighted by Crippen LogP contribution is -2.26. The molecule has 0 saturated heterocycles. The van der Waals surface area contributed by atoms with Crippen LogP contribution in [0.25, 0.3) is 99.9 Å². The zero-order chi connectivity index (χ0) is 57.5. The summed E-state index contributed by atoms with van der Waals surface area (Å²) in [6.07, 6.45) is 4.79. The maximum absolute atomic E-state index is 2.53. The van der Waals surface area contributed by atoms with Crippen molar-refractivity contribution in [1.82, 2.24) is 9.13 Å². The van der Waals surface area contributed by atoms with E-state index < -0.39 is 5.41 Å². The van der Waals surface area contributed by atoms with E-state index in [1.54, 1.807) is 0 Å². The second-order valence-electron chi connectivity index (χ2n) is 27.9. The highest BCUT2D eigenvalue weighted by molar-refractivity contribution is 6.02. The van der Waals surface area contributed by atoms with Crippen molar-refractivity contribution in [3.05, 3.63) is 275 Å². The summed E-state index contributed by atoms with van der Waals surface area (Å²) < 4.78 is 4.91. The van der Waals surface area contributed by atoms with Crippen LogP contribution in [0.3, 0.4) is 0 Å². The topological polar surface area (TPSA) is 9.86 Å². The Bertz CT molecular complexity index is 4230. The van der Waals surface area contributed by atoms with E-state index in [2.05, 4.69) is 323 Å². The zero-order valence-corrected chi connectivity index (χ0v) is 50.3. The predicted molar refractivity (Wildman–Crippen MR) is 353 cm³/mol. The number of nitrogens with zero attached hydrogens (tertiary/aromatic N) is 2. The quantitative estimate of drug-likeness (QED) is 0.157. The summed E-state index contributed by atoms with van der Waals surface area (Å²) in [6, 6.07) is 84.1. The molecule has 408 valence electrons. The van der Waals surface area contributed by atoms with Crippen LogP contribution in [0.15, 0.2) is 231 Å². The molecule has 2 aliphatic carbocycles. The third-order valence-electron chi connectivity index (χ3n) is 18.5. The third kappa shape index (κ3) is 8.50. The Labute approximate surface area is 491 Å². The van der Waals surface area contributed by atoms with Gasteiger partial charge in [-0.25, -0.2) is 0 Å². The summed E-state index contributed by atoms with van der Waals surface area (Å²) in [6.45, 7) is 27.5. The first-order chi connectivity index (χ1) is 39.6. The molecule has 2 heterocycles. The van der Waals surface area contributed by atoms with Gasteiger partial charge in [0.2, 0.25) is 0 Å². The minimum atomic E-state index is -0.578. The van der Waals surface area contributed by atoms with Crippen LogP contribution in [-0.4, -0.2) is 9.13 Å². The molecular formula is C81H74N2. The van der Waals surface area contributed by atoms with Crippen molar-refractivity contribution in [2.45, 2.75) is 110 Å². The van der Waals surface area contributed by atoms with Gasteiger partial charge in [0, 0.05) is 45.7 Å². The monoisotopic (exact) mass is 1070 g/mol. The Balaban J connectivity index is 0.958. The van der Waals surface area contributed by atoms with Crippen molar-refractivity contribution in [3.8, 4) is 78.1 Å². The maximum Gasteiger partial charge on any atom is 0.0727 e. The largest absolute Gasteiger partial charge is 0.316 e. The molecular weight excluding hydrogens is 1000 g/mol. The summed E-state index contributed by atoms with van der Waals surface area (Å²) in [5.74, 6) is 0. The van der Waals surface area contributed by atoms with Crippen LogP contribution >= 0.6 is 0 Å². The second kappa shape index (κ2) is 18.6. The van der Waals surface area contributed by atoms with E-state index >= 15 is 0 Å². The van der Waals surface area contributed by atoms with Gasteiger partial charge >= 0.3 is 0 Å². The summed E-state index contributed by atoms with van der Waals surface area (Å²) in [4.78, 5) is 0. The molecule has 1 spiro atoms. The normalized spacial score (nSPS) is 13.6. The van der Waals surface area contributed by atoms with Gasteiger partial charge in [0.05, 0.1) is 16.4 Å². The standard InChI is InChI=1S/C81H74N2/c1-77(2,3)57-31-21-51(22-32-57)55-29-43-75-67(45-55)69(53-25-35-59(36-26-53)79(7,8)9)49-82(75)61-39-41-65-66-42-40-62(48-74(66)81(73(65)47-61)71-19-15-13-17-63(71)64-18-14-16-20-72(64)81)83-50-70(54-27-37-60(38-28-54)80(10,11)12)68-46-56(30-44-76(68)83)52-23-33-58(34-24-52)78(4,5)6/h13-50H,1-12H3. The van der Waals surface area contributed by atoms with Gasteiger partial charge in [-0.05, 0) is 170 Å². The Morgan fingerprint density at radius 1 is 0.253 bits per heavy atom. The number of hydrogen-bond donors (Lipinski definition) is 0. The predicted octanol–water partition coefficient (Wildman–Crippen LogP) is 21.8. The molecule has 10 aromatic carbocycles. The Kier molecular flexibility index (Phi) is 11.8. The van der Waals surface area contributed by atoms with Gasteiger partial charge in [0.1, 0.15) is 0 Å². The fourth-order valence-electron chi connectivity index (χ4n) is 13.7. The molecule has 0 unspecified atom stereocenters. The smallest absolute Gasteiger partial charge is 0.0727 e. The van der Waals surface area contributed by atoms with Crippen molar-refractivity contribution < 1.29 is 0 Å². The highest BCUT2D eigenvalue weighted by Gasteiger charge is 2.52. The van der Waals surface area contributed by atoms with Gasteiger partial charge in [-0.1, -0.05) is 253 Å². The molecule has 14 rings (SSSR count). The van der Waals surface area contributed by atoms with Crippen molar-refractivity contribution in [2.75, 3.05) is 0 Å². The molecule has 0 radical (unpaired) electrons. The number of fused-ring (bicyclic) bond motifs is 12. The van der Waals surface area contributed by atoms with Gasteiger partial charge < -0.3 is 9.13 Å². The third-order valence-corrected chi connectivity index (χ3v) is 18.5. The molecule has 2 heteroatoms. The van der Waals surface area contributed by atoms with Crippen molar-refractivity contribution in [3.63, 3.8) is 0 Å². The van der Waals surface area contributed by atoms with Gasteiger partial charge in [-0.2, -0.15) is 0 Å². The zero-order valence-electron chi connectivity index (χ0n) is 50.3. The number of hydrogen-bond acceptors (Lipinski definition) is 0. The molecule has 12 aromatic rings. The summed E-state index contributed by atoms with van der Waals surface area (Å²) in [5.41, 5.74) is 29.9. The molecule has 2 nitrogen and oxygen atoms in total. The number of benzene rings is 10. The van der Waals surface area contributed by atoms with Crippen LogP contribution in [0.5, 0.6) is 0 Å². The molecule has 0 N–H and O–H groups in total. The lowest BCUT2D eigenvalue weighted by atomic mass is 9.70. The highest BCUT2D eigenvalue weighted by atomic mass is 15.0. The minimum Gasteiger partial charge on any atom is -0.316 e. The lowest BCUT2D eigenvalue weighted by molar-refractivity contribution is 0.590. The molecule has 0 bridgehead atoms. The average molecular weight is 1080 g/mol. The number of rotatable bonds is 6. The van der Waals surface area contributed by atoms with Crippen molar-refractivity contribution >= 4 is 21.8 Å². The Hall–Kier alpha value is -8.72. The Morgan fingerprint density at radius 2 is 0.554 bits per heavy atom.